The molecule has 0 radical (unpaired) electrons. The number of nitrogens with zero attached hydrogens (tertiary/aromatic N) is 1. The molecule has 0 aliphatic heterocycles. The van der Waals surface area contributed by atoms with E-state index in [1.54, 1.807) is 25.2 Å². The molecule has 0 aromatic heterocycles. The Morgan fingerprint density at radius 1 is 1.38 bits per heavy atom. The Morgan fingerprint density at radius 2 is 2.05 bits per heavy atom. The molecule has 118 valence electrons. The van der Waals surface area contributed by atoms with Gasteiger partial charge in [-0.25, -0.2) is 4.39 Å². The Balaban J connectivity index is 3.14. The minimum atomic E-state index is -0.298. The Hall–Kier alpha value is -1.46. The normalized spacial score (nSPS) is 14.0. The standard InChI is InChI=1S/C16H26FN3O/c1-4-10-20(11-15(21)19-3)16(14(18)5-2)12-8-6-7-9-13(12)17/h6-9,14,16H,4-5,10-11,18H2,1-3H3,(H,19,21). The highest BCUT2D eigenvalue weighted by atomic mass is 19.1. The molecule has 5 heteroatoms. The van der Waals surface area contributed by atoms with E-state index in [-0.39, 0.29) is 30.4 Å². The maximum absolute atomic E-state index is 14.2. The van der Waals surface area contributed by atoms with Gasteiger partial charge in [0.15, 0.2) is 0 Å². The van der Waals surface area contributed by atoms with Crippen molar-refractivity contribution >= 4 is 5.91 Å². The summed E-state index contributed by atoms with van der Waals surface area (Å²) in [7, 11) is 1.60. The predicted octanol–water partition coefficient (Wildman–Crippen LogP) is 2.06. The van der Waals surface area contributed by atoms with E-state index in [1.807, 2.05) is 18.7 Å². The van der Waals surface area contributed by atoms with E-state index in [4.69, 9.17) is 5.73 Å². The summed E-state index contributed by atoms with van der Waals surface area (Å²) in [6, 6.07) is 6.14. The van der Waals surface area contributed by atoms with Gasteiger partial charge in [-0.05, 0) is 25.5 Å². The summed E-state index contributed by atoms with van der Waals surface area (Å²) in [5, 5.41) is 2.62. The minimum Gasteiger partial charge on any atom is -0.358 e. The van der Waals surface area contributed by atoms with Crippen molar-refractivity contribution in [2.45, 2.75) is 38.8 Å². The molecule has 0 fully saturated rings. The van der Waals surface area contributed by atoms with E-state index in [1.165, 1.54) is 6.07 Å². The van der Waals surface area contributed by atoms with Crippen LogP contribution in [0.4, 0.5) is 4.39 Å². The van der Waals surface area contributed by atoms with Gasteiger partial charge in [0.25, 0.3) is 0 Å². The van der Waals surface area contributed by atoms with Gasteiger partial charge in [-0.1, -0.05) is 32.0 Å². The van der Waals surface area contributed by atoms with Gasteiger partial charge < -0.3 is 11.1 Å². The second-order valence-corrected chi connectivity index (χ2v) is 5.18. The van der Waals surface area contributed by atoms with Crippen LogP contribution >= 0.6 is 0 Å². The van der Waals surface area contributed by atoms with Crippen LogP contribution < -0.4 is 11.1 Å². The maximum atomic E-state index is 14.2. The molecule has 0 bridgehead atoms. The molecule has 1 aromatic rings. The van der Waals surface area contributed by atoms with Gasteiger partial charge in [0.1, 0.15) is 5.82 Å². The molecule has 3 N–H and O–H groups in total. The van der Waals surface area contributed by atoms with Crippen LogP contribution in [-0.2, 0) is 4.79 Å². The zero-order chi connectivity index (χ0) is 15.8. The number of likely N-dealkylation sites (N-methyl/N-ethyl adjacent to an activating group) is 1. The number of amides is 1. The maximum Gasteiger partial charge on any atom is 0.233 e. The van der Waals surface area contributed by atoms with Crippen LogP contribution in [0.15, 0.2) is 24.3 Å². The van der Waals surface area contributed by atoms with Crippen LogP contribution in [0.2, 0.25) is 0 Å². The molecular formula is C16H26FN3O. The molecule has 0 saturated heterocycles. The number of hydrogen-bond acceptors (Lipinski definition) is 3. The van der Waals surface area contributed by atoms with Crippen molar-refractivity contribution in [3.05, 3.63) is 35.6 Å². The lowest BCUT2D eigenvalue weighted by Gasteiger charge is -2.35. The summed E-state index contributed by atoms with van der Waals surface area (Å²) in [5.41, 5.74) is 6.79. The smallest absolute Gasteiger partial charge is 0.233 e. The second kappa shape index (κ2) is 8.74. The van der Waals surface area contributed by atoms with Crippen LogP contribution in [0.1, 0.15) is 38.3 Å². The first-order valence-electron chi connectivity index (χ1n) is 7.49. The molecule has 0 heterocycles. The van der Waals surface area contributed by atoms with Crippen LogP contribution in [0, 0.1) is 5.82 Å². The minimum absolute atomic E-state index is 0.0897. The molecule has 21 heavy (non-hydrogen) atoms. The summed E-state index contributed by atoms with van der Waals surface area (Å²) in [5.74, 6) is -0.363. The van der Waals surface area contributed by atoms with Crippen molar-refractivity contribution in [3.8, 4) is 0 Å². The van der Waals surface area contributed by atoms with Crippen molar-refractivity contribution < 1.29 is 9.18 Å². The highest BCUT2D eigenvalue weighted by Crippen LogP contribution is 2.27. The lowest BCUT2D eigenvalue weighted by atomic mass is 9.95. The van der Waals surface area contributed by atoms with Gasteiger partial charge >= 0.3 is 0 Å². The average Bonchev–Trinajstić information content (AvgIpc) is 2.49. The number of nitrogens with two attached hydrogens (primary N) is 1. The molecule has 2 unspecified atom stereocenters. The van der Waals surface area contributed by atoms with E-state index in [0.717, 1.165) is 6.42 Å². The van der Waals surface area contributed by atoms with Crippen LogP contribution in [0.3, 0.4) is 0 Å². The van der Waals surface area contributed by atoms with Crippen molar-refractivity contribution in [2.75, 3.05) is 20.1 Å². The van der Waals surface area contributed by atoms with Gasteiger partial charge in [0.2, 0.25) is 5.91 Å². The van der Waals surface area contributed by atoms with Crippen LogP contribution in [0.5, 0.6) is 0 Å². The molecule has 1 aromatic carbocycles. The van der Waals surface area contributed by atoms with Gasteiger partial charge in [-0.3, -0.25) is 9.69 Å². The third-order valence-electron chi connectivity index (χ3n) is 3.63. The van der Waals surface area contributed by atoms with E-state index in [2.05, 4.69) is 5.32 Å². The Labute approximate surface area is 126 Å². The monoisotopic (exact) mass is 295 g/mol. The number of rotatable bonds is 8. The fourth-order valence-corrected chi connectivity index (χ4v) is 2.50. The van der Waals surface area contributed by atoms with E-state index >= 15 is 0 Å². The topological polar surface area (TPSA) is 58.4 Å². The lowest BCUT2D eigenvalue weighted by molar-refractivity contribution is -0.122. The molecule has 1 rings (SSSR count). The highest BCUT2D eigenvalue weighted by molar-refractivity contribution is 5.77. The largest absolute Gasteiger partial charge is 0.358 e. The van der Waals surface area contributed by atoms with Crippen molar-refractivity contribution in [3.63, 3.8) is 0 Å². The van der Waals surface area contributed by atoms with Gasteiger partial charge in [0.05, 0.1) is 12.6 Å². The number of nitrogens with one attached hydrogen (secondary N) is 1. The van der Waals surface area contributed by atoms with Crippen LogP contribution in [-0.4, -0.2) is 37.0 Å². The first-order valence-corrected chi connectivity index (χ1v) is 7.49. The molecular weight excluding hydrogens is 269 g/mol. The summed E-state index contributed by atoms with van der Waals surface area (Å²) in [4.78, 5) is 13.7. The second-order valence-electron chi connectivity index (χ2n) is 5.18. The van der Waals surface area contributed by atoms with E-state index in [9.17, 15) is 9.18 Å². The predicted molar refractivity (Wildman–Crippen MR) is 83.3 cm³/mol. The molecule has 4 nitrogen and oxygen atoms in total. The lowest BCUT2D eigenvalue weighted by Crippen LogP contribution is -2.45. The fraction of sp³-hybridized carbons (Fsp3) is 0.562. The number of carbonyl (C=O) groups is 1. The number of carbonyl (C=O) groups excluding carboxylic acids is 1. The first kappa shape index (κ1) is 17.6. The van der Waals surface area contributed by atoms with Gasteiger partial charge in [-0.2, -0.15) is 0 Å². The third-order valence-corrected chi connectivity index (χ3v) is 3.63. The summed E-state index contributed by atoms with van der Waals surface area (Å²) < 4.78 is 14.2. The molecule has 0 saturated carbocycles. The van der Waals surface area contributed by atoms with Gasteiger partial charge in [-0.15, -0.1) is 0 Å². The zero-order valence-corrected chi connectivity index (χ0v) is 13.1. The number of benzene rings is 1. The summed E-state index contributed by atoms with van der Waals surface area (Å²) in [6.07, 6.45) is 1.59. The summed E-state index contributed by atoms with van der Waals surface area (Å²) >= 11 is 0. The third kappa shape index (κ3) is 4.79. The molecule has 0 aliphatic carbocycles. The molecule has 2 atom stereocenters. The van der Waals surface area contributed by atoms with Crippen molar-refractivity contribution in [1.82, 2.24) is 10.2 Å². The van der Waals surface area contributed by atoms with E-state index < -0.39 is 0 Å². The van der Waals surface area contributed by atoms with Crippen molar-refractivity contribution in [2.24, 2.45) is 5.73 Å². The SMILES string of the molecule is CCCN(CC(=O)NC)C(c1ccccc1F)C(N)CC. The van der Waals surface area contributed by atoms with Gasteiger partial charge in [0, 0.05) is 18.7 Å². The number of hydrogen-bond donors (Lipinski definition) is 2. The average molecular weight is 295 g/mol. The van der Waals surface area contributed by atoms with Crippen LogP contribution in [0.25, 0.3) is 0 Å². The Kier molecular flexibility index (Phi) is 7.32. The quantitative estimate of drug-likeness (QED) is 0.772. The fourth-order valence-electron chi connectivity index (χ4n) is 2.50. The van der Waals surface area contributed by atoms with E-state index in [0.29, 0.717) is 18.5 Å². The van der Waals surface area contributed by atoms with Crippen molar-refractivity contribution in [1.29, 1.82) is 0 Å². The molecule has 0 spiro atoms. The zero-order valence-electron chi connectivity index (χ0n) is 13.1. The Morgan fingerprint density at radius 3 is 2.57 bits per heavy atom. The number of halogens is 1. The first-order chi connectivity index (χ1) is 10.0. The molecule has 1 amide bonds. The highest BCUT2D eigenvalue weighted by Gasteiger charge is 2.28. The molecule has 0 aliphatic rings. The summed E-state index contributed by atoms with van der Waals surface area (Å²) in [6.45, 7) is 4.92. The Bertz CT molecular complexity index is 453.